The quantitative estimate of drug-likeness (QED) is 0.720. The van der Waals surface area contributed by atoms with Crippen LogP contribution >= 0.6 is 0 Å². The Labute approximate surface area is 113 Å². The molecule has 0 amide bonds. The Morgan fingerprint density at radius 3 is 2.16 bits per heavy atom. The third-order valence-electron chi connectivity index (χ3n) is 2.53. The molecule has 0 saturated heterocycles. The Hall–Kier alpha value is -2.08. The van der Waals surface area contributed by atoms with Gasteiger partial charge < -0.3 is 25.4 Å². The summed E-state index contributed by atoms with van der Waals surface area (Å²) in [6.45, 7) is 4.16. The molecule has 1 rings (SSSR count). The highest BCUT2D eigenvalue weighted by Gasteiger charge is 2.13. The van der Waals surface area contributed by atoms with Crippen molar-refractivity contribution < 1.29 is 14.2 Å². The van der Waals surface area contributed by atoms with E-state index in [1.807, 2.05) is 13.1 Å². The molecule has 3 N–H and O–H groups in total. The van der Waals surface area contributed by atoms with E-state index in [9.17, 15) is 0 Å². The van der Waals surface area contributed by atoms with Crippen LogP contribution in [0.4, 0.5) is 0 Å². The van der Waals surface area contributed by atoms with E-state index in [1.165, 1.54) is 0 Å². The van der Waals surface area contributed by atoms with Gasteiger partial charge in [-0.25, -0.2) is 5.01 Å². The lowest BCUT2D eigenvalue weighted by atomic mass is 10.1. The van der Waals surface area contributed by atoms with Crippen molar-refractivity contribution in [3.8, 4) is 17.2 Å². The van der Waals surface area contributed by atoms with Crippen molar-refractivity contribution >= 4 is 0 Å². The summed E-state index contributed by atoms with van der Waals surface area (Å²) in [7, 11) is 6.65. The number of rotatable bonds is 7. The summed E-state index contributed by atoms with van der Waals surface area (Å²) in [5.41, 5.74) is 9.33. The molecule has 0 aliphatic heterocycles. The number of benzene rings is 1. The first-order valence-corrected chi connectivity index (χ1v) is 5.72. The van der Waals surface area contributed by atoms with Crippen molar-refractivity contribution in [3.63, 3.8) is 0 Å². The van der Waals surface area contributed by atoms with Gasteiger partial charge in [-0.15, -0.1) is 0 Å². The molecule has 0 unspecified atom stereocenters. The molecule has 106 valence electrons. The second-order valence-electron chi connectivity index (χ2n) is 4.01. The predicted octanol–water partition coefficient (Wildman–Crippen LogP) is 1.08. The summed E-state index contributed by atoms with van der Waals surface area (Å²) in [4.78, 5) is 0. The zero-order valence-electron chi connectivity index (χ0n) is 11.8. The molecule has 6 heteroatoms. The van der Waals surface area contributed by atoms with Gasteiger partial charge in [-0.2, -0.15) is 0 Å². The molecule has 0 spiro atoms. The van der Waals surface area contributed by atoms with Gasteiger partial charge in [0, 0.05) is 25.2 Å². The Balaban J connectivity index is 3.01. The van der Waals surface area contributed by atoms with Crippen LogP contribution in [0.15, 0.2) is 24.5 Å². The molecule has 0 atom stereocenters. The van der Waals surface area contributed by atoms with E-state index in [0.717, 1.165) is 5.56 Å². The lowest BCUT2D eigenvalue weighted by molar-refractivity contribution is 0.250. The van der Waals surface area contributed by atoms with Crippen LogP contribution in [0, 0.1) is 0 Å². The molecule has 0 fully saturated rings. The van der Waals surface area contributed by atoms with E-state index in [0.29, 0.717) is 29.6 Å². The summed E-state index contributed by atoms with van der Waals surface area (Å²) in [6.07, 6.45) is 0. The maximum absolute atomic E-state index is 5.50. The van der Waals surface area contributed by atoms with Crippen molar-refractivity contribution in [2.75, 3.05) is 28.4 Å². The van der Waals surface area contributed by atoms with Crippen molar-refractivity contribution in [3.05, 3.63) is 30.1 Å². The highest BCUT2D eigenvalue weighted by atomic mass is 16.5. The van der Waals surface area contributed by atoms with Gasteiger partial charge >= 0.3 is 0 Å². The molecular weight excluding hydrogens is 246 g/mol. The fourth-order valence-corrected chi connectivity index (χ4v) is 1.76. The van der Waals surface area contributed by atoms with Crippen LogP contribution in [-0.2, 0) is 6.54 Å². The minimum Gasteiger partial charge on any atom is -0.496 e. The van der Waals surface area contributed by atoms with Gasteiger partial charge in [0.1, 0.15) is 11.6 Å². The minimum atomic E-state index is 0.377. The average molecular weight is 267 g/mol. The average Bonchev–Trinajstić information content (AvgIpc) is 2.37. The van der Waals surface area contributed by atoms with Gasteiger partial charge in [-0.05, 0) is 6.07 Å². The van der Waals surface area contributed by atoms with Crippen molar-refractivity contribution in [2.24, 2.45) is 5.73 Å². The van der Waals surface area contributed by atoms with Crippen molar-refractivity contribution in [1.29, 1.82) is 0 Å². The topological polar surface area (TPSA) is 69.0 Å². The fraction of sp³-hybridized carbons (Fsp3) is 0.385. The van der Waals surface area contributed by atoms with Gasteiger partial charge in [0.05, 0.1) is 21.3 Å². The van der Waals surface area contributed by atoms with Crippen LogP contribution in [0.3, 0.4) is 0 Å². The maximum atomic E-state index is 5.50. The lowest BCUT2D eigenvalue weighted by Gasteiger charge is -2.21. The smallest absolute Gasteiger partial charge is 0.164 e. The number of ether oxygens (including phenoxy) is 3. The van der Waals surface area contributed by atoms with Gasteiger partial charge in [0.25, 0.3) is 0 Å². The third-order valence-corrected chi connectivity index (χ3v) is 2.53. The van der Waals surface area contributed by atoms with Gasteiger partial charge in [-0.1, -0.05) is 6.58 Å². The SMILES string of the molecule is C=C(N)NN(C)Cc1cc(OC)c(OC)cc1OC. The van der Waals surface area contributed by atoms with E-state index in [2.05, 4.69) is 12.0 Å². The molecule has 19 heavy (non-hydrogen) atoms. The van der Waals surface area contributed by atoms with Crippen LogP contribution in [0.5, 0.6) is 17.2 Å². The molecule has 1 aromatic rings. The normalized spacial score (nSPS) is 10.2. The third kappa shape index (κ3) is 3.96. The number of hydrogen-bond acceptors (Lipinski definition) is 6. The summed E-state index contributed by atoms with van der Waals surface area (Å²) >= 11 is 0. The molecule has 0 bridgehead atoms. The second kappa shape index (κ2) is 6.75. The van der Waals surface area contributed by atoms with E-state index in [-0.39, 0.29) is 0 Å². The molecule has 0 heterocycles. The van der Waals surface area contributed by atoms with Crippen LogP contribution in [0.1, 0.15) is 5.56 Å². The summed E-state index contributed by atoms with van der Waals surface area (Å²) in [6, 6.07) is 3.66. The maximum Gasteiger partial charge on any atom is 0.164 e. The number of nitrogens with zero attached hydrogens (tertiary/aromatic N) is 1. The predicted molar refractivity (Wildman–Crippen MR) is 74.0 cm³/mol. The van der Waals surface area contributed by atoms with E-state index in [1.54, 1.807) is 32.4 Å². The number of nitrogens with two attached hydrogens (primary N) is 1. The number of hydrogen-bond donors (Lipinski definition) is 2. The molecular formula is C13H21N3O3. The fourth-order valence-electron chi connectivity index (χ4n) is 1.76. The molecule has 0 saturated carbocycles. The molecule has 0 aromatic heterocycles. The Morgan fingerprint density at radius 1 is 1.16 bits per heavy atom. The van der Waals surface area contributed by atoms with Gasteiger partial charge in [0.2, 0.25) is 0 Å². The Morgan fingerprint density at radius 2 is 1.68 bits per heavy atom. The molecule has 0 radical (unpaired) electrons. The molecule has 0 aliphatic rings. The second-order valence-corrected chi connectivity index (χ2v) is 4.01. The number of methoxy groups -OCH3 is 3. The molecule has 1 aromatic carbocycles. The lowest BCUT2D eigenvalue weighted by Crippen LogP contribution is -2.35. The van der Waals surface area contributed by atoms with E-state index >= 15 is 0 Å². The standard InChI is InChI=1S/C13H21N3O3/c1-9(14)15-16(2)8-10-6-12(18-4)13(19-5)7-11(10)17-3/h6-7,15H,1,8,14H2,2-5H3. The first kappa shape index (κ1) is 15.0. The zero-order chi connectivity index (χ0) is 14.4. The Bertz CT molecular complexity index is 449. The number of nitrogens with one attached hydrogen (secondary N) is 1. The summed E-state index contributed by atoms with van der Waals surface area (Å²) in [5, 5.41) is 1.80. The zero-order valence-corrected chi connectivity index (χ0v) is 11.8. The first-order valence-electron chi connectivity index (χ1n) is 5.72. The van der Waals surface area contributed by atoms with Gasteiger partial charge in [0.15, 0.2) is 11.5 Å². The minimum absolute atomic E-state index is 0.377. The van der Waals surface area contributed by atoms with Crippen LogP contribution < -0.4 is 25.4 Å². The van der Waals surface area contributed by atoms with Gasteiger partial charge in [-0.3, -0.25) is 0 Å². The Kier molecular flexibility index (Phi) is 5.32. The summed E-state index contributed by atoms with van der Waals surface area (Å²) in [5.74, 6) is 2.37. The molecule has 6 nitrogen and oxygen atoms in total. The van der Waals surface area contributed by atoms with Crippen molar-refractivity contribution in [1.82, 2.24) is 10.4 Å². The van der Waals surface area contributed by atoms with Crippen molar-refractivity contribution in [2.45, 2.75) is 6.54 Å². The highest BCUT2D eigenvalue weighted by Crippen LogP contribution is 2.34. The summed E-state index contributed by atoms with van der Waals surface area (Å²) < 4.78 is 15.9. The van der Waals surface area contributed by atoms with Crippen LogP contribution in [0.25, 0.3) is 0 Å². The molecule has 0 aliphatic carbocycles. The van der Waals surface area contributed by atoms with Crippen LogP contribution in [-0.4, -0.2) is 33.4 Å². The first-order chi connectivity index (χ1) is 9.01. The number of hydrazine groups is 1. The van der Waals surface area contributed by atoms with Crippen LogP contribution in [0.2, 0.25) is 0 Å². The largest absolute Gasteiger partial charge is 0.496 e. The van der Waals surface area contributed by atoms with E-state index < -0.39 is 0 Å². The monoisotopic (exact) mass is 267 g/mol. The highest BCUT2D eigenvalue weighted by molar-refractivity contribution is 5.50. The van der Waals surface area contributed by atoms with E-state index in [4.69, 9.17) is 19.9 Å².